The normalized spacial score (nSPS) is 19.2. The van der Waals surface area contributed by atoms with Gasteiger partial charge in [0, 0.05) is 11.0 Å². The molecule has 2 atom stereocenters. The topological polar surface area (TPSA) is 50.4 Å². The van der Waals surface area contributed by atoms with Gasteiger partial charge in [-0.2, -0.15) is 0 Å². The van der Waals surface area contributed by atoms with Gasteiger partial charge in [0.1, 0.15) is 5.75 Å². The quantitative estimate of drug-likeness (QED) is 0.829. The maximum atomic E-state index is 12.0. The summed E-state index contributed by atoms with van der Waals surface area (Å²) in [5, 5.41) is 6.32. The molecule has 1 fully saturated rings. The van der Waals surface area contributed by atoms with E-state index >= 15 is 0 Å². The standard InChI is InChI=1S/C15H21BrN2O2.ClH/c1-11(20-14-6-4-13(16)5-7-14)15(19)18-10-12-3-2-8-17-9-12;/h4-7,11-12,17H,2-3,8-10H2,1H3,(H,18,19);1H. The van der Waals surface area contributed by atoms with E-state index in [9.17, 15) is 4.79 Å². The number of hydrogen-bond donors (Lipinski definition) is 2. The fourth-order valence-electron chi connectivity index (χ4n) is 2.26. The van der Waals surface area contributed by atoms with E-state index in [1.54, 1.807) is 6.92 Å². The number of carbonyl (C=O) groups is 1. The van der Waals surface area contributed by atoms with Crippen LogP contribution in [0.3, 0.4) is 0 Å². The van der Waals surface area contributed by atoms with Crippen LogP contribution in [0.2, 0.25) is 0 Å². The fraction of sp³-hybridized carbons (Fsp3) is 0.533. The lowest BCUT2D eigenvalue weighted by Crippen LogP contribution is -2.42. The predicted molar refractivity (Wildman–Crippen MR) is 90.1 cm³/mol. The summed E-state index contributed by atoms with van der Waals surface area (Å²) >= 11 is 3.37. The van der Waals surface area contributed by atoms with Crippen molar-refractivity contribution in [3.8, 4) is 5.75 Å². The van der Waals surface area contributed by atoms with Gasteiger partial charge in [-0.1, -0.05) is 15.9 Å². The van der Waals surface area contributed by atoms with Crippen LogP contribution in [0.1, 0.15) is 19.8 Å². The van der Waals surface area contributed by atoms with Crippen LogP contribution in [-0.4, -0.2) is 31.6 Å². The SMILES string of the molecule is CC(Oc1ccc(Br)cc1)C(=O)NCC1CCCNC1.Cl. The first-order chi connectivity index (χ1) is 9.65. The molecule has 1 aromatic carbocycles. The Bertz CT molecular complexity index is 436. The highest BCUT2D eigenvalue weighted by Crippen LogP contribution is 2.17. The number of carbonyl (C=O) groups excluding carboxylic acids is 1. The third kappa shape index (κ3) is 6.24. The zero-order chi connectivity index (χ0) is 14.4. The van der Waals surface area contributed by atoms with Crippen molar-refractivity contribution in [3.63, 3.8) is 0 Å². The lowest BCUT2D eigenvalue weighted by atomic mass is 10.00. The van der Waals surface area contributed by atoms with E-state index in [0.717, 1.165) is 24.1 Å². The predicted octanol–water partition coefficient (Wildman–Crippen LogP) is 2.75. The number of hydrogen-bond acceptors (Lipinski definition) is 3. The number of piperidine rings is 1. The van der Waals surface area contributed by atoms with Crippen LogP contribution in [0.15, 0.2) is 28.7 Å². The fourth-order valence-corrected chi connectivity index (χ4v) is 2.52. The summed E-state index contributed by atoms with van der Waals surface area (Å²) in [6.07, 6.45) is 1.88. The van der Waals surface area contributed by atoms with Crippen molar-refractivity contribution in [2.45, 2.75) is 25.9 Å². The minimum Gasteiger partial charge on any atom is -0.481 e. The highest BCUT2D eigenvalue weighted by molar-refractivity contribution is 9.10. The lowest BCUT2D eigenvalue weighted by Gasteiger charge is -2.23. The molecule has 4 nitrogen and oxygen atoms in total. The van der Waals surface area contributed by atoms with Crippen LogP contribution in [0.25, 0.3) is 0 Å². The van der Waals surface area contributed by atoms with Crippen molar-refractivity contribution in [2.24, 2.45) is 5.92 Å². The molecule has 118 valence electrons. The van der Waals surface area contributed by atoms with E-state index in [-0.39, 0.29) is 18.3 Å². The molecule has 0 bridgehead atoms. The van der Waals surface area contributed by atoms with Gasteiger partial charge in [0.05, 0.1) is 0 Å². The van der Waals surface area contributed by atoms with E-state index in [4.69, 9.17) is 4.74 Å². The van der Waals surface area contributed by atoms with Crippen LogP contribution >= 0.6 is 28.3 Å². The van der Waals surface area contributed by atoms with E-state index in [0.29, 0.717) is 11.7 Å². The summed E-state index contributed by atoms with van der Waals surface area (Å²) in [6.45, 7) is 4.58. The molecule has 1 heterocycles. The first-order valence-corrected chi connectivity index (χ1v) is 7.85. The Balaban J connectivity index is 0.00000220. The average Bonchev–Trinajstić information content (AvgIpc) is 2.48. The van der Waals surface area contributed by atoms with Gasteiger partial charge in [0.15, 0.2) is 6.10 Å². The number of ether oxygens (including phenoxy) is 1. The molecule has 0 aliphatic carbocycles. The van der Waals surface area contributed by atoms with Crippen molar-refractivity contribution in [2.75, 3.05) is 19.6 Å². The largest absolute Gasteiger partial charge is 0.481 e. The molecular weight excluding hydrogens is 356 g/mol. The van der Waals surface area contributed by atoms with Crippen LogP contribution in [-0.2, 0) is 4.79 Å². The molecular formula is C15H22BrClN2O2. The lowest BCUT2D eigenvalue weighted by molar-refractivity contribution is -0.127. The van der Waals surface area contributed by atoms with Crippen LogP contribution in [0.5, 0.6) is 5.75 Å². The van der Waals surface area contributed by atoms with E-state index in [2.05, 4.69) is 26.6 Å². The number of rotatable bonds is 5. The monoisotopic (exact) mass is 376 g/mol. The molecule has 1 aromatic rings. The molecule has 0 spiro atoms. The van der Waals surface area contributed by atoms with Crippen LogP contribution in [0, 0.1) is 5.92 Å². The Morgan fingerprint density at radius 2 is 2.19 bits per heavy atom. The first kappa shape index (κ1) is 18.3. The minimum absolute atomic E-state index is 0. The van der Waals surface area contributed by atoms with Crippen molar-refractivity contribution in [3.05, 3.63) is 28.7 Å². The molecule has 0 aromatic heterocycles. The van der Waals surface area contributed by atoms with Crippen molar-refractivity contribution in [1.82, 2.24) is 10.6 Å². The maximum Gasteiger partial charge on any atom is 0.260 e. The van der Waals surface area contributed by atoms with Crippen molar-refractivity contribution >= 4 is 34.2 Å². The molecule has 6 heteroatoms. The molecule has 21 heavy (non-hydrogen) atoms. The smallest absolute Gasteiger partial charge is 0.260 e. The summed E-state index contributed by atoms with van der Waals surface area (Å²) in [7, 11) is 0. The first-order valence-electron chi connectivity index (χ1n) is 7.06. The molecule has 1 amide bonds. The van der Waals surface area contributed by atoms with Crippen molar-refractivity contribution in [1.29, 1.82) is 0 Å². The minimum atomic E-state index is -0.479. The summed E-state index contributed by atoms with van der Waals surface area (Å²) in [5.41, 5.74) is 0. The molecule has 2 unspecified atom stereocenters. The Kier molecular flexibility index (Phi) is 8.07. The van der Waals surface area contributed by atoms with E-state index < -0.39 is 6.10 Å². The third-order valence-electron chi connectivity index (χ3n) is 3.46. The summed E-state index contributed by atoms with van der Waals surface area (Å²) in [6, 6.07) is 7.49. The molecule has 0 radical (unpaired) electrons. The number of halogens is 2. The second-order valence-electron chi connectivity index (χ2n) is 5.17. The summed E-state index contributed by atoms with van der Waals surface area (Å²) in [5.74, 6) is 1.18. The molecule has 1 aliphatic rings. The molecule has 1 aliphatic heterocycles. The molecule has 1 saturated heterocycles. The highest BCUT2D eigenvalue weighted by atomic mass is 79.9. The Morgan fingerprint density at radius 3 is 2.81 bits per heavy atom. The van der Waals surface area contributed by atoms with Gasteiger partial charge in [0.25, 0.3) is 5.91 Å². The second-order valence-corrected chi connectivity index (χ2v) is 6.09. The van der Waals surface area contributed by atoms with Gasteiger partial charge in [-0.15, -0.1) is 12.4 Å². The molecule has 2 rings (SSSR count). The summed E-state index contributed by atoms with van der Waals surface area (Å²) < 4.78 is 6.61. The van der Waals surface area contributed by atoms with Crippen molar-refractivity contribution < 1.29 is 9.53 Å². The second kappa shape index (κ2) is 9.28. The van der Waals surface area contributed by atoms with E-state index in [1.165, 1.54) is 12.8 Å². The Labute approximate surface area is 140 Å². The van der Waals surface area contributed by atoms with Gasteiger partial charge in [0.2, 0.25) is 0 Å². The van der Waals surface area contributed by atoms with E-state index in [1.807, 2.05) is 24.3 Å². The Hall–Kier alpha value is -0.780. The van der Waals surface area contributed by atoms with Gasteiger partial charge in [-0.25, -0.2) is 0 Å². The van der Waals surface area contributed by atoms with Crippen LogP contribution in [0.4, 0.5) is 0 Å². The zero-order valence-electron chi connectivity index (χ0n) is 12.1. The maximum absolute atomic E-state index is 12.0. The number of nitrogens with one attached hydrogen (secondary N) is 2. The molecule has 2 N–H and O–H groups in total. The van der Waals surface area contributed by atoms with Gasteiger partial charge in [-0.05, 0) is 63.0 Å². The van der Waals surface area contributed by atoms with Crippen LogP contribution < -0.4 is 15.4 Å². The average molecular weight is 378 g/mol. The number of benzene rings is 1. The third-order valence-corrected chi connectivity index (χ3v) is 3.99. The Morgan fingerprint density at radius 1 is 1.48 bits per heavy atom. The zero-order valence-corrected chi connectivity index (χ0v) is 14.5. The van der Waals surface area contributed by atoms with Gasteiger partial charge in [-0.3, -0.25) is 4.79 Å². The molecule has 0 saturated carbocycles. The number of amides is 1. The highest BCUT2D eigenvalue weighted by Gasteiger charge is 2.18. The van der Waals surface area contributed by atoms with Gasteiger partial charge >= 0.3 is 0 Å². The summed E-state index contributed by atoms with van der Waals surface area (Å²) in [4.78, 5) is 12.0. The van der Waals surface area contributed by atoms with Gasteiger partial charge < -0.3 is 15.4 Å².